The molecule has 1 aromatic rings. The summed E-state index contributed by atoms with van der Waals surface area (Å²) >= 11 is 0. The van der Waals surface area contributed by atoms with Gasteiger partial charge in [0.1, 0.15) is 10.6 Å². The van der Waals surface area contributed by atoms with E-state index in [2.05, 4.69) is 5.32 Å². The fraction of sp³-hybridized carbons (Fsp3) is 0.500. The lowest BCUT2D eigenvalue weighted by atomic mass is 10.1. The molecule has 1 amide bonds. The second kappa shape index (κ2) is 6.44. The van der Waals surface area contributed by atoms with Crippen molar-refractivity contribution in [2.45, 2.75) is 30.6 Å². The molecular formula is C14H20N2O4S. The molecule has 7 heteroatoms. The van der Waals surface area contributed by atoms with Gasteiger partial charge in [0.05, 0.1) is 13.5 Å². The molecule has 0 saturated heterocycles. The van der Waals surface area contributed by atoms with Crippen LogP contribution in [-0.2, 0) is 21.2 Å². The van der Waals surface area contributed by atoms with Crippen LogP contribution in [0.4, 0.5) is 0 Å². The van der Waals surface area contributed by atoms with Crippen LogP contribution in [0, 0.1) is 5.92 Å². The molecule has 1 aliphatic carbocycles. The van der Waals surface area contributed by atoms with E-state index < -0.39 is 10.0 Å². The molecule has 0 aliphatic heterocycles. The quantitative estimate of drug-likeness (QED) is 0.778. The van der Waals surface area contributed by atoms with E-state index in [-0.39, 0.29) is 23.0 Å². The Morgan fingerprint density at radius 1 is 1.43 bits per heavy atom. The number of carbonyl (C=O) groups excluding carboxylic acids is 1. The van der Waals surface area contributed by atoms with Gasteiger partial charge < -0.3 is 10.1 Å². The summed E-state index contributed by atoms with van der Waals surface area (Å²) < 4.78 is 28.0. The van der Waals surface area contributed by atoms with Crippen LogP contribution < -0.4 is 15.2 Å². The molecule has 3 N–H and O–H groups in total. The first kappa shape index (κ1) is 15.8. The van der Waals surface area contributed by atoms with Crippen molar-refractivity contribution in [3.63, 3.8) is 0 Å². The minimum Gasteiger partial charge on any atom is -0.495 e. The summed E-state index contributed by atoms with van der Waals surface area (Å²) in [5.41, 5.74) is 0.587. The lowest BCUT2D eigenvalue weighted by Gasteiger charge is -2.09. The summed E-state index contributed by atoms with van der Waals surface area (Å²) in [7, 11) is -2.51. The Balaban J connectivity index is 2.00. The van der Waals surface area contributed by atoms with Gasteiger partial charge in [0.15, 0.2) is 0 Å². The van der Waals surface area contributed by atoms with Gasteiger partial charge in [-0.05, 0) is 30.0 Å². The summed E-state index contributed by atoms with van der Waals surface area (Å²) in [4.78, 5) is 11.7. The number of hydrogen-bond donors (Lipinski definition) is 2. The Morgan fingerprint density at radius 3 is 2.71 bits per heavy atom. The van der Waals surface area contributed by atoms with Crippen LogP contribution in [0.5, 0.6) is 5.75 Å². The predicted molar refractivity (Wildman–Crippen MR) is 78.4 cm³/mol. The molecule has 0 atom stereocenters. The Bertz CT molecular complexity index is 624. The van der Waals surface area contributed by atoms with Gasteiger partial charge in [-0.3, -0.25) is 4.79 Å². The second-order valence-electron chi connectivity index (χ2n) is 5.29. The van der Waals surface area contributed by atoms with Crippen LogP contribution in [-0.4, -0.2) is 28.0 Å². The molecule has 0 radical (unpaired) electrons. The monoisotopic (exact) mass is 312 g/mol. The van der Waals surface area contributed by atoms with Gasteiger partial charge in [-0.1, -0.05) is 18.9 Å². The number of ether oxygens (including phenoxy) is 1. The Kier molecular flexibility index (Phi) is 4.84. The van der Waals surface area contributed by atoms with Crippen molar-refractivity contribution in [2.75, 3.05) is 13.7 Å². The predicted octanol–water partition coefficient (Wildman–Crippen LogP) is 0.801. The van der Waals surface area contributed by atoms with Gasteiger partial charge in [-0.2, -0.15) is 0 Å². The van der Waals surface area contributed by atoms with E-state index in [1.807, 2.05) is 0 Å². The zero-order chi connectivity index (χ0) is 15.5. The normalized spacial score (nSPS) is 14.8. The number of primary sulfonamides is 1. The summed E-state index contributed by atoms with van der Waals surface area (Å²) in [6, 6.07) is 4.55. The molecule has 0 aromatic heterocycles. The number of methoxy groups -OCH3 is 1. The first-order valence-electron chi connectivity index (χ1n) is 6.86. The molecule has 1 aromatic carbocycles. The van der Waals surface area contributed by atoms with Crippen molar-refractivity contribution >= 4 is 15.9 Å². The van der Waals surface area contributed by atoms with E-state index in [4.69, 9.17) is 9.88 Å². The number of nitrogens with one attached hydrogen (secondary N) is 1. The second-order valence-corrected chi connectivity index (χ2v) is 6.82. The Hall–Kier alpha value is -1.60. The van der Waals surface area contributed by atoms with Crippen molar-refractivity contribution in [1.82, 2.24) is 5.32 Å². The summed E-state index contributed by atoms with van der Waals surface area (Å²) in [6.45, 7) is 0.668. The molecular weight excluding hydrogens is 292 g/mol. The summed E-state index contributed by atoms with van der Waals surface area (Å²) in [5.74, 6) is 0.817. The summed E-state index contributed by atoms with van der Waals surface area (Å²) in [5, 5.41) is 7.98. The first-order valence-corrected chi connectivity index (χ1v) is 8.41. The molecule has 0 heterocycles. The minimum absolute atomic E-state index is 0.103. The zero-order valence-corrected chi connectivity index (χ0v) is 12.8. The number of amides is 1. The van der Waals surface area contributed by atoms with Crippen molar-refractivity contribution in [2.24, 2.45) is 11.1 Å². The SMILES string of the molecule is COc1ccc(CC(=O)NCCC2CC2)cc1S(N)(=O)=O. The highest BCUT2D eigenvalue weighted by Gasteiger charge is 2.21. The van der Waals surface area contributed by atoms with Crippen LogP contribution in [0.1, 0.15) is 24.8 Å². The maximum Gasteiger partial charge on any atom is 0.241 e. The van der Waals surface area contributed by atoms with E-state index in [9.17, 15) is 13.2 Å². The maximum atomic E-state index is 11.8. The van der Waals surface area contributed by atoms with E-state index in [1.54, 1.807) is 6.07 Å². The average molecular weight is 312 g/mol. The van der Waals surface area contributed by atoms with Gasteiger partial charge in [0.25, 0.3) is 0 Å². The molecule has 1 aliphatic rings. The molecule has 116 valence electrons. The summed E-state index contributed by atoms with van der Waals surface area (Å²) in [6.07, 6.45) is 3.64. The number of nitrogens with two attached hydrogens (primary N) is 1. The topological polar surface area (TPSA) is 98.5 Å². The molecule has 0 spiro atoms. The average Bonchev–Trinajstić information content (AvgIpc) is 3.22. The first-order chi connectivity index (χ1) is 9.90. The van der Waals surface area contributed by atoms with Crippen molar-refractivity contribution < 1.29 is 17.9 Å². The third-order valence-corrected chi connectivity index (χ3v) is 4.40. The standard InChI is InChI=1S/C14H20N2O4S/c1-20-12-5-4-11(8-13(12)21(15,18)19)9-14(17)16-7-6-10-2-3-10/h4-5,8,10H,2-3,6-7,9H2,1H3,(H,16,17)(H2,15,18,19). The number of carbonyl (C=O) groups is 1. The molecule has 0 unspecified atom stereocenters. The van der Waals surface area contributed by atoms with E-state index in [1.165, 1.54) is 32.1 Å². The van der Waals surface area contributed by atoms with Gasteiger partial charge in [0.2, 0.25) is 15.9 Å². The molecule has 21 heavy (non-hydrogen) atoms. The van der Waals surface area contributed by atoms with E-state index >= 15 is 0 Å². The Morgan fingerprint density at radius 2 is 2.14 bits per heavy atom. The van der Waals surface area contributed by atoms with Gasteiger partial charge in [-0.15, -0.1) is 0 Å². The lowest BCUT2D eigenvalue weighted by Crippen LogP contribution is -2.26. The number of hydrogen-bond acceptors (Lipinski definition) is 4. The minimum atomic E-state index is -3.88. The smallest absolute Gasteiger partial charge is 0.241 e. The highest BCUT2D eigenvalue weighted by Crippen LogP contribution is 2.31. The van der Waals surface area contributed by atoms with Gasteiger partial charge in [0, 0.05) is 6.54 Å². The fourth-order valence-electron chi connectivity index (χ4n) is 2.12. The molecule has 1 saturated carbocycles. The molecule has 6 nitrogen and oxygen atoms in total. The maximum absolute atomic E-state index is 11.8. The third-order valence-electron chi connectivity index (χ3n) is 3.47. The molecule has 2 rings (SSSR count). The third kappa shape index (κ3) is 4.71. The van der Waals surface area contributed by atoms with Crippen molar-refractivity contribution in [3.8, 4) is 5.75 Å². The zero-order valence-electron chi connectivity index (χ0n) is 12.0. The number of rotatable bonds is 7. The van der Waals surface area contributed by atoms with Crippen LogP contribution >= 0.6 is 0 Å². The van der Waals surface area contributed by atoms with E-state index in [0.29, 0.717) is 12.1 Å². The molecule has 0 bridgehead atoms. The fourth-order valence-corrected chi connectivity index (χ4v) is 2.87. The van der Waals surface area contributed by atoms with E-state index in [0.717, 1.165) is 12.3 Å². The van der Waals surface area contributed by atoms with Gasteiger partial charge in [-0.25, -0.2) is 13.6 Å². The highest BCUT2D eigenvalue weighted by atomic mass is 32.2. The van der Waals surface area contributed by atoms with Gasteiger partial charge >= 0.3 is 0 Å². The number of benzene rings is 1. The van der Waals surface area contributed by atoms with Crippen LogP contribution in [0.2, 0.25) is 0 Å². The van der Waals surface area contributed by atoms with Crippen molar-refractivity contribution in [3.05, 3.63) is 23.8 Å². The lowest BCUT2D eigenvalue weighted by molar-refractivity contribution is -0.120. The molecule has 1 fully saturated rings. The largest absolute Gasteiger partial charge is 0.495 e. The van der Waals surface area contributed by atoms with Crippen molar-refractivity contribution in [1.29, 1.82) is 0 Å². The van der Waals surface area contributed by atoms with Crippen LogP contribution in [0.15, 0.2) is 23.1 Å². The highest BCUT2D eigenvalue weighted by molar-refractivity contribution is 7.89. The number of sulfonamides is 1. The van der Waals surface area contributed by atoms with Crippen LogP contribution in [0.3, 0.4) is 0 Å². The Labute approximate surface area is 124 Å². The van der Waals surface area contributed by atoms with Crippen LogP contribution in [0.25, 0.3) is 0 Å².